The van der Waals surface area contributed by atoms with Gasteiger partial charge in [0.05, 0.1) is 5.70 Å². The molecule has 0 radical (unpaired) electrons. The van der Waals surface area contributed by atoms with E-state index in [0.29, 0.717) is 0 Å². The fraction of sp³-hybridized carbons (Fsp3) is 0.375. The van der Waals surface area contributed by atoms with Crippen LogP contribution in [0, 0.1) is 0 Å². The molecule has 1 rings (SSSR count). The van der Waals surface area contributed by atoms with Crippen molar-refractivity contribution in [3.63, 3.8) is 0 Å². The van der Waals surface area contributed by atoms with Crippen molar-refractivity contribution < 1.29 is 0 Å². The molecule has 54 valence electrons. The van der Waals surface area contributed by atoms with Gasteiger partial charge in [0.25, 0.3) is 0 Å². The second-order valence-corrected chi connectivity index (χ2v) is 2.53. The first-order valence-electron chi connectivity index (χ1n) is 3.27. The molecule has 10 heavy (non-hydrogen) atoms. The zero-order chi connectivity index (χ0) is 7.72. The molecule has 0 saturated carbocycles. The van der Waals surface area contributed by atoms with Gasteiger partial charge in [0.15, 0.2) is 0 Å². The normalized spacial score (nSPS) is 18.7. The fourth-order valence-electron chi connectivity index (χ4n) is 0.821. The lowest BCUT2D eigenvalue weighted by Gasteiger charge is -2.20. The number of amidine groups is 1. The molecular formula is C8H12N2. The Morgan fingerprint density at radius 1 is 1.50 bits per heavy atom. The molecule has 0 aromatic heterocycles. The Bertz CT molecular complexity index is 223. The Hall–Kier alpha value is -1.05. The quantitative estimate of drug-likeness (QED) is 0.495. The molecular weight excluding hydrogens is 124 g/mol. The molecule has 0 saturated heterocycles. The van der Waals surface area contributed by atoms with Crippen LogP contribution < -0.4 is 0 Å². The molecule has 0 spiro atoms. The third-order valence-electron chi connectivity index (χ3n) is 1.65. The predicted molar refractivity (Wildman–Crippen MR) is 43.8 cm³/mol. The minimum absolute atomic E-state index is 0.871. The topological polar surface area (TPSA) is 15.6 Å². The van der Waals surface area contributed by atoms with Crippen molar-refractivity contribution in [1.29, 1.82) is 0 Å². The highest BCUT2D eigenvalue weighted by atomic mass is 15.2. The van der Waals surface area contributed by atoms with Gasteiger partial charge >= 0.3 is 0 Å². The highest BCUT2D eigenvalue weighted by molar-refractivity contribution is 5.83. The van der Waals surface area contributed by atoms with Crippen molar-refractivity contribution in [2.45, 2.75) is 13.8 Å². The van der Waals surface area contributed by atoms with Gasteiger partial charge in [-0.2, -0.15) is 0 Å². The van der Waals surface area contributed by atoms with Crippen LogP contribution in [0.1, 0.15) is 13.8 Å². The number of allylic oxidation sites excluding steroid dienone is 1. The first-order valence-corrected chi connectivity index (χ1v) is 3.27. The van der Waals surface area contributed by atoms with E-state index >= 15 is 0 Å². The molecule has 0 amide bonds. The molecule has 2 heteroatoms. The minimum Gasteiger partial charge on any atom is -0.339 e. The summed E-state index contributed by atoms with van der Waals surface area (Å²) in [4.78, 5) is 6.21. The fourth-order valence-corrected chi connectivity index (χ4v) is 0.821. The third-order valence-corrected chi connectivity index (χ3v) is 1.65. The molecule has 2 nitrogen and oxygen atoms in total. The molecule has 1 aliphatic heterocycles. The van der Waals surface area contributed by atoms with Crippen LogP contribution in [-0.2, 0) is 0 Å². The van der Waals surface area contributed by atoms with E-state index in [1.807, 2.05) is 32.0 Å². The lowest BCUT2D eigenvalue weighted by molar-refractivity contribution is 0.664. The van der Waals surface area contributed by atoms with Crippen LogP contribution in [0.15, 0.2) is 29.0 Å². The highest BCUT2D eigenvalue weighted by Crippen LogP contribution is 2.14. The van der Waals surface area contributed by atoms with Gasteiger partial charge in [0.1, 0.15) is 5.84 Å². The maximum Gasteiger partial charge on any atom is 0.105 e. The van der Waals surface area contributed by atoms with Crippen molar-refractivity contribution in [1.82, 2.24) is 4.90 Å². The summed E-state index contributed by atoms with van der Waals surface area (Å²) in [6, 6.07) is 0. The summed E-state index contributed by atoms with van der Waals surface area (Å²) < 4.78 is 0. The lowest BCUT2D eigenvalue weighted by Crippen LogP contribution is -2.21. The summed E-state index contributed by atoms with van der Waals surface area (Å²) in [5.74, 6) is 0.996. The molecule has 0 unspecified atom stereocenters. The maximum atomic E-state index is 4.22. The molecule has 0 aromatic carbocycles. The average Bonchev–Trinajstić information content (AvgIpc) is 1.84. The van der Waals surface area contributed by atoms with Gasteiger partial charge in [0, 0.05) is 13.2 Å². The van der Waals surface area contributed by atoms with Crippen molar-refractivity contribution in [2.24, 2.45) is 4.99 Å². The SMILES string of the molecule is C=C1N=C(C)N(C)C=C1C. The Labute approximate surface area is 61.6 Å². The van der Waals surface area contributed by atoms with Gasteiger partial charge in [-0.05, 0) is 19.4 Å². The maximum absolute atomic E-state index is 4.22. The first kappa shape index (κ1) is 7.06. The Morgan fingerprint density at radius 2 is 2.10 bits per heavy atom. The van der Waals surface area contributed by atoms with Gasteiger partial charge in [-0.25, -0.2) is 4.99 Å². The van der Waals surface area contributed by atoms with E-state index in [-0.39, 0.29) is 0 Å². The number of hydrogen-bond acceptors (Lipinski definition) is 2. The number of aliphatic imine (C=N–C) groups is 1. The average molecular weight is 136 g/mol. The second-order valence-electron chi connectivity index (χ2n) is 2.53. The summed E-state index contributed by atoms with van der Waals surface area (Å²) in [5, 5.41) is 0. The Balaban J connectivity index is 2.92. The first-order chi connectivity index (χ1) is 4.61. The molecule has 1 heterocycles. The third kappa shape index (κ3) is 1.10. The summed E-state index contributed by atoms with van der Waals surface area (Å²) in [6.07, 6.45) is 2.03. The predicted octanol–water partition coefficient (Wildman–Crippen LogP) is 1.77. The van der Waals surface area contributed by atoms with Crippen LogP contribution in [0.3, 0.4) is 0 Å². The van der Waals surface area contributed by atoms with E-state index in [1.165, 1.54) is 0 Å². The van der Waals surface area contributed by atoms with E-state index in [9.17, 15) is 0 Å². The summed E-state index contributed by atoms with van der Waals surface area (Å²) in [6.45, 7) is 7.77. The largest absolute Gasteiger partial charge is 0.339 e. The monoisotopic (exact) mass is 136 g/mol. The number of nitrogens with zero attached hydrogens (tertiary/aromatic N) is 2. The summed E-state index contributed by atoms with van der Waals surface area (Å²) in [7, 11) is 1.98. The number of hydrogen-bond donors (Lipinski definition) is 0. The van der Waals surface area contributed by atoms with E-state index in [4.69, 9.17) is 0 Å². The van der Waals surface area contributed by atoms with E-state index in [1.54, 1.807) is 0 Å². The van der Waals surface area contributed by atoms with Crippen LogP contribution in [0.2, 0.25) is 0 Å². The van der Waals surface area contributed by atoms with Crippen LogP contribution in [0.25, 0.3) is 0 Å². The van der Waals surface area contributed by atoms with Crippen molar-refractivity contribution >= 4 is 5.84 Å². The van der Waals surface area contributed by atoms with E-state index in [2.05, 4.69) is 11.6 Å². The Morgan fingerprint density at radius 3 is 2.60 bits per heavy atom. The van der Waals surface area contributed by atoms with Crippen LogP contribution in [0.5, 0.6) is 0 Å². The van der Waals surface area contributed by atoms with Crippen LogP contribution in [-0.4, -0.2) is 17.8 Å². The molecule has 0 atom stereocenters. The lowest BCUT2D eigenvalue weighted by atomic mass is 10.2. The standard InChI is InChI=1S/C8H12N2/c1-6-5-10(4)8(3)9-7(6)2/h5H,2H2,1,3-4H3. The van der Waals surface area contributed by atoms with Gasteiger partial charge in [-0.1, -0.05) is 6.58 Å². The zero-order valence-electron chi connectivity index (χ0n) is 6.68. The molecule has 1 aliphatic rings. The highest BCUT2D eigenvalue weighted by Gasteiger charge is 2.06. The van der Waals surface area contributed by atoms with Crippen LogP contribution >= 0.6 is 0 Å². The summed E-state index contributed by atoms with van der Waals surface area (Å²) >= 11 is 0. The second kappa shape index (κ2) is 2.29. The molecule has 0 bridgehead atoms. The number of rotatable bonds is 0. The van der Waals surface area contributed by atoms with Gasteiger partial charge in [-0.3, -0.25) is 0 Å². The van der Waals surface area contributed by atoms with Gasteiger partial charge in [-0.15, -0.1) is 0 Å². The van der Waals surface area contributed by atoms with Crippen molar-refractivity contribution in [3.05, 3.63) is 24.0 Å². The van der Waals surface area contributed by atoms with E-state index in [0.717, 1.165) is 17.1 Å². The molecule has 0 aromatic rings. The molecule has 0 aliphatic carbocycles. The van der Waals surface area contributed by atoms with Crippen LogP contribution in [0.4, 0.5) is 0 Å². The molecule has 0 N–H and O–H groups in total. The smallest absolute Gasteiger partial charge is 0.105 e. The van der Waals surface area contributed by atoms with Gasteiger partial charge in [0.2, 0.25) is 0 Å². The minimum atomic E-state index is 0.871. The van der Waals surface area contributed by atoms with Crippen molar-refractivity contribution in [2.75, 3.05) is 7.05 Å². The zero-order valence-corrected chi connectivity index (χ0v) is 6.68. The molecule has 0 fully saturated rings. The van der Waals surface area contributed by atoms with Gasteiger partial charge < -0.3 is 4.90 Å². The van der Waals surface area contributed by atoms with E-state index < -0.39 is 0 Å². The summed E-state index contributed by atoms with van der Waals surface area (Å²) in [5.41, 5.74) is 2.00. The van der Waals surface area contributed by atoms with Crippen molar-refractivity contribution in [3.8, 4) is 0 Å². The Kier molecular flexibility index (Phi) is 1.62.